The third kappa shape index (κ3) is 2220. The van der Waals surface area contributed by atoms with Gasteiger partial charge in [-0.15, -0.1) is 0 Å². The van der Waals surface area contributed by atoms with Crippen molar-refractivity contribution in [2.24, 2.45) is 0 Å². The van der Waals surface area contributed by atoms with E-state index < -0.39 is 35.6 Å². The molecule has 0 fully saturated rings. The van der Waals surface area contributed by atoms with Crippen LogP contribution in [0.1, 0.15) is 0 Å². The molecule has 0 bridgehead atoms. The Kier molecular flexibility index (Phi) is 120. The summed E-state index contributed by atoms with van der Waals surface area (Å²) in [5.41, 5.74) is 0. The Morgan fingerprint density at radius 1 is 0.364 bits per heavy atom. The van der Waals surface area contributed by atoms with E-state index >= 15 is 0 Å². The van der Waals surface area contributed by atoms with E-state index in [2.05, 4.69) is 27.6 Å². The van der Waals surface area contributed by atoms with E-state index in [9.17, 15) is 0 Å². The average molecular weight is 701 g/mol. The van der Waals surface area contributed by atoms with Crippen molar-refractivity contribution in [2.45, 2.75) is 0 Å². The molecule has 0 aliphatic rings. The second-order valence-electron chi connectivity index (χ2n) is 1.62. The Morgan fingerprint density at radius 2 is 0.364 bits per heavy atom. The van der Waals surface area contributed by atoms with E-state index in [0.717, 1.165) is 0 Å². The monoisotopic (exact) mass is 699 g/mol. The zero-order valence-corrected chi connectivity index (χ0v) is 20.8. The largest absolute Gasteiger partial charge is 4.00 e. The average Bonchev–Trinajstić information content (AvgIpc) is 2.32. The quantitative estimate of drug-likeness (QED) is 0.229. The maximum atomic E-state index is 8.25. The van der Waals surface area contributed by atoms with Gasteiger partial charge in [0.05, 0.1) is 59.3 Å². The van der Waals surface area contributed by atoms with Crippen LogP contribution in [0.5, 0.6) is 0 Å². The van der Waals surface area contributed by atoms with Crippen molar-refractivity contribution < 1.29 is 98.4 Å². The predicted octanol–water partition coefficient (Wildman–Crippen LogP) is -0.368. The summed E-state index contributed by atoms with van der Waals surface area (Å²) in [4.78, 5) is 57.8. The van der Waals surface area contributed by atoms with E-state index in [-0.39, 0.29) is 58.9 Å². The Balaban J connectivity index is -0.0000000227. The molecular weight excluding hydrogens is 701 g/mol. The molecule has 0 rings (SSSR count). The molecule has 0 aliphatic carbocycles. The van der Waals surface area contributed by atoms with E-state index in [1.54, 1.807) is 0 Å². The normalized spacial score (nSPS) is 5.64. The van der Waals surface area contributed by atoms with Crippen LogP contribution in [0.4, 0.5) is 0 Å². The molecule has 0 aromatic heterocycles. The van der Waals surface area contributed by atoms with Gasteiger partial charge in [0.25, 0.3) is 0 Å². The Morgan fingerprint density at radius 3 is 0.364 bits per heavy atom. The van der Waals surface area contributed by atoms with E-state index in [1.807, 2.05) is 0 Å². The van der Waals surface area contributed by atoms with Crippen molar-refractivity contribution in [3.63, 3.8) is 0 Å². The van der Waals surface area contributed by atoms with Gasteiger partial charge in [-0.1, -0.05) is 0 Å². The zero-order valence-electron chi connectivity index (χ0n) is 13.9. The topological polar surface area (TPSA) is 473 Å². The summed E-state index contributed by atoms with van der Waals surface area (Å²) in [6.45, 7) is 0. The van der Waals surface area contributed by atoms with E-state index in [0.29, 0.717) is 0 Å². The molecule has 188 valence electrons. The molecule has 33 heteroatoms. The molecule has 0 aliphatic heterocycles. The second kappa shape index (κ2) is 63.0. The maximum absolute atomic E-state index is 8.25. The van der Waals surface area contributed by atoms with Crippen molar-refractivity contribution in [2.75, 3.05) is 0 Å². The Bertz CT molecular complexity index is 339. The zero-order chi connectivity index (χ0) is 27.7. The molecular formula is Cl2N7O22YZr. The molecule has 0 aromatic carbocycles. The number of hydrogen-bond donors (Lipinski definition) is 0. The van der Waals surface area contributed by atoms with Crippen LogP contribution in [0.2, 0.25) is 0 Å². The number of halogens is 2. The summed E-state index contributed by atoms with van der Waals surface area (Å²) >= 11 is 8.53. The smallest absolute Gasteiger partial charge is 0.356 e. The van der Waals surface area contributed by atoms with Gasteiger partial charge in [0.1, 0.15) is 0 Å². The van der Waals surface area contributed by atoms with Crippen LogP contribution < -0.4 is 0 Å². The van der Waals surface area contributed by atoms with Crippen LogP contribution in [0, 0.1) is 107 Å². The standard InChI is InChI=1S/Cl2O.7NO3.Y.Zr/c1-3-2;7*2-1(3)4;;/q;7*-1;+3;+4. The van der Waals surface area contributed by atoms with Crippen LogP contribution >= 0.6 is 23.7 Å². The van der Waals surface area contributed by atoms with Crippen molar-refractivity contribution >= 4 is 23.7 Å². The Labute approximate surface area is 228 Å². The van der Waals surface area contributed by atoms with Crippen molar-refractivity contribution in [1.29, 1.82) is 0 Å². The van der Waals surface area contributed by atoms with Crippen molar-refractivity contribution in [1.82, 2.24) is 0 Å². The molecule has 0 radical (unpaired) electrons. The fourth-order valence-electron chi connectivity index (χ4n) is 0. The Hall–Kier alpha value is -3.07. The third-order valence-corrected chi connectivity index (χ3v) is 0. The molecule has 0 heterocycles. The van der Waals surface area contributed by atoms with Gasteiger partial charge in [0.2, 0.25) is 0 Å². The summed E-state index contributed by atoms with van der Waals surface area (Å²) in [5, 5.41) is 103. The first kappa shape index (κ1) is 63.1. The van der Waals surface area contributed by atoms with Crippen LogP contribution in [-0.4, -0.2) is 35.6 Å². The molecule has 33 heavy (non-hydrogen) atoms. The first-order valence-electron chi connectivity index (χ1n) is 4.14. The van der Waals surface area contributed by atoms with Gasteiger partial charge in [-0.25, -0.2) is 0 Å². The number of hydrogen-bond acceptors (Lipinski definition) is 22. The summed E-state index contributed by atoms with van der Waals surface area (Å²) in [6.07, 6.45) is 0. The molecule has 0 spiro atoms. The molecule has 0 unspecified atom stereocenters. The fraction of sp³-hybridized carbons (Fsp3) is 0. The third-order valence-electron chi connectivity index (χ3n) is 0. The number of nitrogens with zero attached hydrogens (tertiary/aromatic N) is 7. The van der Waals surface area contributed by atoms with Gasteiger partial charge >= 0.3 is 58.9 Å². The van der Waals surface area contributed by atoms with Crippen LogP contribution in [0.3, 0.4) is 0 Å². The molecule has 29 nitrogen and oxygen atoms in total. The van der Waals surface area contributed by atoms with Gasteiger partial charge in [-0.2, -0.15) is 3.84 Å². The summed E-state index contributed by atoms with van der Waals surface area (Å²) in [7, 11) is 0. The van der Waals surface area contributed by atoms with Crippen LogP contribution in [0.15, 0.2) is 0 Å². The molecule has 0 N–H and O–H groups in total. The van der Waals surface area contributed by atoms with Gasteiger partial charge in [0, 0.05) is 0 Å². The van der Waals surface area contributed by atoms with Crippen LogP contribution in [0.25, 0.3) is 0 Å². The fourth-order valence-corrected chi connectivity index (χ4v) is 0. The minimum atomic E-state index is -1.75. The van der Waals surface area contributed by atoms with Crippen molar-refractivity contribution in [3.8, 4) is 0 Å². The number of rotatable bonds is 0. The first-order chi connectivity index (χ1) is 13.5. The molecule has 0 saturated heterocycles. The van der Waals surface area contributed by atoms with Gasteiger partial charge in [-0.05, 0) is 0 Å². The summed E-state index contributed by atoms with van der Waals surface area (Å²) < 4.78 is 3.19. The van der Waals surface area contributed by atoms with E-state index in [4.69, 9.17) is 107 Å². The summed E-state index contributed by atoms with van der Waals surface area (Å²) in [6, 6.07) is 0. The molecule has 0 saturated carbocycles. The van der Waals surface area contributed by atoms with Gasteiger partial charge in [0.15, 0.2) is 0 Å². The minimum Gasteiger partial charge on any atom is -0.356 e. The molecule has 0 atom stereocenters. The van der Waals surface area contributed by atoms with Crippen LogP contribution in [-0.2, 0) is 62.8 Å². The summed E-state index contributed by atoms with van der Waals surface area (Å²) in [5.74, 6) is 0. The van der Waals surface area contributed by atoms with E-state index in [1.165, 1.54) is 0 Å². The van der Waals surface area contributed by atoms with Gasteiger partial charge in [-0.3, -0.25) is 0 Å². The second-order valence-corrected chi connectivity index (χ2v) is 2.09. The SMILES string of the molecule is ClOCl.O=[N+]([O-])[O-].O=[N+]([O-])[O-].O=[N+]([O-])[O-].O=[N+]([O-])[O-].O=[N+]([O-])[O-].O=[N+]([O-])[O-].O=[N+]([O-])[O-].[Y+3].[Zr+4]. The predicted molar refractivity (Wildman–Crippen MR) is 85.3 cm³/mol. The minimum absolute atomic E-state index is 0. The maximum Gasteiger partial charge on any atom is 4.00 e. The van der Waals surface area contributed by atoms with Gasteiger partial charge < -0.3 is 107 Å². The van der Waals surface area contributed by atoms with Crippen molar-refractivity contribution in [3.05, 3.63) is 107 Å². The molecule has 0 aromatic rings. The molecule has 0 amide bonds. The first-order valence-corrected chi connectivity index (χ1v) is 4.76.